The van der Waals surface area contributed by atoms with Crippen molar-refractivity contribution in [2.45, 2.75) is 80.3 Å². The zero-order valence-corrected chi connectivity index (χ0v) is 31.5. The van der Waals surface area contributed by atoms with Gasteiger partial charge in [0.25, 0.3) is 0 Å². The van der Waals surface area contributed by atoms with E-state index in [1.54, 1.807) is 0 Å². The van der Waals surface area contributed by atoms with E-state index in [9.17, 15) is 26.3 Å². The van der Waals surface area contributed by atoms with Crippen molar-refractivity contribution in [3.63, 3.8) is 0 Å². The van der Waals surface area contributed by atoms with Crippen molar-refractivity contribution >= 4 is 0 Å². The van der Waals surface area contributed by atoms with E-state index in [4.69, 9.17) is 9.47 Å². The topological polar surface area (TPSA) is 18.5 Å². The van der Waals surface area contributed by atoms with E-state index in [1.165, 1.54) is 14.2 Å². The highest BCUT2D eigenvalue weighted by Crippen LogP contribution is 2.53. The summed E-state index contributed by atoms with van der Waals surface area (Å²) in [6.07, 6.45) is 3.58. The molecule has 0 aliphatic carbocycles. The molecule has 50 heavy (non-hydrogen) atoms. The fourth-order valence-corrected chi connectivity index (χ4v) is 8.10. The molecule has 1 heterocycles. The summed E-state index contributed by atoms with van der Waals surface area (Å²) >= 11 is 0. The van der Waals surface area contributed by atoms with E-state index < -0.39 is 34.9 Å². The van der Waals surface area contributed by atoms with Gasteiger partial charge in [-0.15, -0.1) is 0 Å². The highest BCUT2D eigenvalue weighted by molar-refractivity contribution is 5.93. The van der Waals surface area contributed by atoms with Crippen LogP contribution in [0.25, 0.3) is 33.4 Å². The second kappa shape index (κ2) is 15.4. The molecule has 0 amide bonds. The van der Waals surface area contributed by atoms with Crippen molar-refractivity contribution in [3.8, 4) is 44.9 Å². The monoisotopic (exact) mass is 763 g/mol. The minimum Gasteiger partial charge on any atom is -1.00 e. The number of unbranched alkanes of at least 4 members (excludes halogenated alkanes) is 2. The summed E-state index contributed by atoms with van der Waals surface area (Å²) in [7, 11) is 3.05. The molecule has 0 radical (unpaired) electrons. The second-order valence-corrected chi connectivity index (χ2v) is 13.3. The molecule has 1 aliphatic heterocycles. The largest absolute Gasteiger partial charge is 1.00 e. The van der Waals surface area contributed by atoms with Crippen LogP contribution in [0.5, 0.6) is 11.5 Å². The summed E-state index contributed by atoms with van der Waals surface area (Å²) in [4.78, 5) is 0. The highest BCUT2D eigenvalue weighted by atomic mass is 79.9. The molecule has 0 saturated carbocycles. The Morgan fingerprint density at radius 2 is 0.840 bits per heavy atom. The van der Waals surface area contributed by atoms with Gasteiger partial charge in [0.15, 0.2) is 34.9 Å². The predicted octanol–water partition coefficient (Wildman–Crippen LogP) is 8.21. The molecule has 5 rings (SSSR count). The Bertz CT molecular complexity index is 1760. The van der Waals surface area contributed by atoms with E-state index in [1.807, 2.05) is 27.7 Å². The Morgan fingerprint density at radius 3 is 1.12 bits per heavy atom. The van der Waals surface area contributed by atoms with Gasteiger partial charge in [-0.25, -0.2) is 26.3 Å². The Labute approximate surface area is 301 Å². The fourth-order valence-electron chi connectivity index (χ4n) is 8.10. The van der Waals surface area contributed by atoms with Gasteiger partial charge < -0.3 is 30.9 Å². The van der Waals surface area contributed by atoms with E-state index in [0.717, 1.165) is 96.4 Å². The first-order valence-corrected chi connectivity index (χ1v) is 16.8. The second-order valence-electron chi connectivity index (χ2n) is 13.3. The van der Waals surface area contributed by atoms with Crippen LogP contribution in [0, 0.1) is 62.6 Å². The molecule has 0 N–H and O–H groups in total. The molecule has 0 spiro atoms. The summed E-state index contributed by atoms with van der Waals surface area (Å²) in [6, 6.07) is 4.08. The lowest BCUT2D eigenvalue weighted by Crippen LogP contribution is -3.00. The van der Waals surface area contributed by atoms with Gasteiger partial charge in [-0.2, -0.15) is 0 Å². The third-order valence-electron chi connectivity index (χ3n) is 10.2. The number of nitrogens with zero attached hydrogens (tertiary/aromatic N) is 1. The van der Waals surface area contributed by atoms with E-state index in [-0.39, 0.29) is 28.1 Å². The predicted molar refractivity (Wildman–Crippen MR) is 182 cm³/mol. The number of quaternary nitrogens is 1. The molecule has 4 aromatic rings. The molecular weight excluding hydrogens is 720 g/mol. The minimum atomic E-state index is -1.55. The van der Waals surface area contributed by atoms with E-state index in [2.05, 4.69) is 13.8 Å². The summed E-state index contributed by atoms with van der Waals surface area (Å²) < 4.78 is 101. The Balaban J connectivity index is 0.00000562. The van der Waals surface area contributed by atoms with Gasteiger partial charge in [0.2, 0.25) is 0 Å². The highest BCUT2D eigenvalue weighted by Gasteiger charge is 2.40. The molecule has 3 nitrogen and oxygen atoms in total. The lowest BCUT2D eigenvalue weighted by molar-refractivity contribution is -0.953. The standard InChI is InChI=1S/C40H44F6NO2.BrH/c1-9-11-13-47(14-12-10-2)19-27-33(25-15-29(41)37(45)30(42)16-25)21(3)39(48-7)23(5)35(27)36-24(6)40(49-8)22(4)34(28(36)20-47)26-17-31(43)38(46)32(44)18-26;/h15-18H,9-14,19-20H2,1-8H3;1H/q+1;/p-1. The summed E-state index contributed by atoms with van der Waals surface area (Å²) in [5, 5.41) is 0. The number of fused-ring (bicyclic) bond motifs is 3. The van der Waals surface area contributed by atoms with E-state index in [0.29, 0.717) is 51.3 Å². The maximum Gasteiger partial charge on any atom is 0.194 e. The molecule has 1 aliphatic rings. The van der Waals surface area contributed by atoms with Crippen molar-refractivity contribution in [3.05, 3.63) is 92.5 Å². The molecule has 4 aromatic carbocycles. The average molecular weight is 765 g/mol. The maximum atomic E-state index is 14.9. The molecule has 0 aromatic heterocycles. The van der Waals surface area contributed by atoms with Crippen LogP contribution >= 0.6 is 0 Å². The molecule has 10 heteroatoms. The van der Waals surface area contributed by atoms with Gasteiger partial charge in [0, 0.05) is 11.1 Å². The van der Waals surface area contributed by atoms with Crippen LogP contribution in [0.4, 0.5) is 26.3 Å². The first-order chi connectivity index (χ1) is 23.2. The quantitative estimate of drug-likeness (QED) is 0.0922. The lowest BCUT2D eigenvalue weighted by Gasteiger charge is -2.39. The minimum absolute atomic E-state index is 0. The molecule has 0 fully saturated rings. The molecule has 0 atom stereocenters. The molecule has 0 saturated heterocycles. The normalized spacial score (nSPS) is 13.3. The van der Waals surface area contributed by atoms with Gasteiger partial charge >= 0.3 is 0 Å². The Hall–Kier alpha value is -3.50. The maximum absolute atomic E-state index is 14.9. The summed E-state index contributed by atoms with van der Waals surface area (Å²) in [5.41, 5.74) is 7.40. The van der Waals surface area contributed by atoms with Crippen molar-refractivity contribution in [1.82, 2.24) is 0 Å². The van der Waals surface area contributed by atoms with Crippen LogP contribution < -0.4 is 26.5 Å². The number of benzene rings is 4. The zero-order valence-electron chi connectivity index (χ0n) is 29.9. The fraction of sp³-hybridized carbons (Fsp3) is 0.400. The van der Waals surface area contributed by atoms with Crippen molar-refractivity contribution in [2.75, 3.05) is 27.3 Å². The summed E-state index contributed by atoms with van der Waals surface area (Å²) in [6.45, 7) is 14.1. The first-order valence-electron chi connectivity index (χ1n) is 16.8. The molecule has 270 valence electrons. The first kappa shape index (κ1) is 39.3. The number of methoxy groups -OCH3 is 2. The van der Waals surface area contributed by atoms with Crippen LogP contribution in [0.15, 0.2) is 24.3 Å². The van der Waals surface area contributed by atoms with E-state index >= 15 is 0 Å². The number of hydrogen-bond donors (Lipinski definition) is 0. The number of ether oxygens (including phenoxy) is 2. The van der Waals surface area contributed by atoms with Crippen molar-refractivity contribution in [2.24, 2.45) is 0 Å². The Morgan fingerprint density at radius 1 is 0.540 bits per heavy atom. The number of hydrogen-bond acceptors (Lipinski definition) is 2. The SMILES string of the molecule is CCCC[N+]1(CCCC)Cc2c(-c3cc(F)c(F)c(F)c3)c(C)c(OC)c(C)c2-c2c(C)c(OC)c(C)c(-c3cc(F)c(F)c(F)c3)c2C1.[Br-]. The third kappa shape index (κ3) is 6.65. The Kier molecular flexibility index (Phi) is 12.1. The van der Waals surface area contributed by atoms with Crippen LogP contribution in [0.3, 0.4) is 0 Å². The van der Waals surface area contributed by atoms with Gasteiger partial charge in [0.1, 0.15) is 24.6 Å². The van der Waals surface area contributed by atoms with Crippen LogP contribution in [0.1, 0.15) is 72.9 Å². The van der Waals surface area contributed by atoms with Crippen LogP contribution in [-0.2, 0) is 13.1 Å². The number of halogens is 7. The zero-order chi connectivity index (χ0) is 35.9. The van der Waals surface area contributed by atoms with Gasteiger partial charge in [0.05, 0.1) is 27.3 Å². The summed E-state index contributed by atoms with van der Waals surface area (Å²) in [5.74, 6) is -7.32. The van der Waals surface area contributed by atoms with Gasteiger partial charge in [-0.1, -0.05) is 26.7 Å². The van der Waals surface area contributed by atoms with Gasteiger partial charge in [-0.05, 0) is 120 Å². The average Bonchev–Trinajstić information content (AvgIpc) is 3.20. The molecule has 0 bridgehead atoms. The van der Waals surface area contributed by atoms with Crippen LogP contribution in [0.2, 0.25) is 0 Å². The molecule has 0 unspecified atom stereocenters. The number of rotatable bonds is 10. The van der Waals surface area contributed by atoms with Gasteiger partial charge in [-0.3, -0.25) is 0 Å². The third-order valence-corrected chi connectivity index (χ3v) is 10.2. The smallest absolute Gasteiger partial charge is 0.194 e. The lowest BCUT2D eigenvalue weighted by atomic mass is 9.79. The van der Waals surface area contributed by atoms with Crippen molar-refractivity contribution < 1.29 is 57.3 Å². The van der Waals surface area contributed by atoms with Crippen molar-refractivity contribution in [1.29, 1.82) is 0 Å². The molecular formula is C40H44BrF6NO2. The van der Waals surface area contributed by atoms with Crippen LogP contribution in [-0.4, -0.2) is 31.8 Å².